The van der Waals surface area contributed by atoms with Crippen molar-refractivity contribution in [2.45, 2.75) is 26.5 Å². The highest BCUT2D eigenvalue weighted by Gasteiger charge is 2.37. The van der Waals surface area contributed by atoms with Gasteiger partial charge >= 0.3 is 5.97 Å². The van der Waals surface area contributed by atoms with E-state index < -0.39 is 6.04 Å². The Labute approximate surface area is 206 Å². The maximum absolute atomic E-state index is 12.8. The molecule has 0 amide bonds. The Balaban J connectivity index is 1.67. The second kappa shape index (κ2) is 10.1. The Kier molecular flexibility index (Phi) is 7.22. The number of amidine groups is 1. The fraction of sp³-hybridized carbons (Fsp3) is 0.250. The van der Waals surface area contributed by atoms with Crippen LogP contribution in [0.25, 0.3) is 0 Å². The van der Waals surface area contributed by atoms with Crippen molar-refractivity contribution in [1.82, 2.24) is 4.90 Å². The van der Waals surface area contributed by atoms with E-state index in [9.17, 15) is 4.79 Å². The highest BCUT2D eigenvalue weighted by Crippen LogP contribution is 2.43. The van der Waals surface area contributed by atoms with E-state index in [-0.39, 0.29) is 19.2 Å². The number of halogens is 2. The van der Waals surface area contributed by atoms with Crippen LogP contribution in [0, 0.1) is 0 Å². The first-order chi connectivity index (χ1) is 15.9. The lowest BCUT2D eigenvalue weighted by molar-refractivity contribution is -0.139. The maximum Gasteiger partial charge on any atom is 0.338 e. The Morgan fingerprint density at radius 2 is 1.94 bits per heavy atom. The minimum absolute atomic E-state index is 0.188. The van der Waals surface area contributed by atoms with Gasteiger partial charge in [0.25, 0.3) is 0 Å². The maximum atomic E-state index is 12.8. The third-order valence-corrected chi connectivity index (χ3v) is 6.73. The zero-order valence-electron chi connectivity index (χ0n) is 18.3. The lowest BCUT2D eigenvalue weighted by atomic mass is 9.94. The number of hydrogen-bond donors (Lipinski definition) is 0. The highest BCUT2D eigenvalue weighted by molar-refractivity contribution is 8.16. The van der Waals surface area contributed by atoms with E-state index >= 15 is 0 Å². The summed E-state index contributed by atoms with van der Waals surface area (Å²) in [6.45, 7) is 4.08. The van der Waals surface area contributed by atoms with Gasteiger partial charge in [-0.15, -0.1) is 0 Å². The first-order valence-corrected chi connectivity index (χ1v) is 11.9. The van der Waals surface area contributed by atoms with Gasteiger partial charge in [0.2, 0.25) is 0 Å². The molecule has 0 spiro atoms. The number of carbonyl (C=O) groups excluding carboxylic acids is 1. The summed E-state index contributed by atoms with van der Waals surface area (Å²) < 4.78 is 16.9. The molecule has 0 fully saturated rings. The summed E-state index contributed by atoms with van der Waals surface area (Å²) >= 11 is 14.0. The molecule has 4 rings (SSSR count). The molecule has 0 saturated carbocycles. The normalized spacial score (nSPS) is 17.1. The number of rotatable bonds is 7. The fourth-order valence-electron chi connectivity index (χ4n) is 3.69. The summed E-state index contributed by atoms with van der Waals surface area (Å²) in [4.78, 5) is 19.4. The minimum atomic E-state index is -0.399. The van der Waals surface area contributed by atoms with Gasteiger partial charge in [-0.05, 0) is 49.1 Å². The van der Waals surface area contributed by atoms with Crippen LogP contribution in [0.2, 0.25) is 10.0 Å². The third kappa shape index (κ3) is 4.71. The molecule has 2 aliphatic rings. The van der Waals surface area contributed by atoms with Crippen LogP contribution < -0.4 is 9.47 Å². The molecule has 2 aromatic rings. The summed E-state index contributed by atoms with van der Waals surface area (Å²) in [6, 6.07) is 10.5. The molecule has 2 heterocycles. The van der Waals surface area contributed by atoms with E-state index in [1.807, 2.05) is 41.6 Å². The summed E-state index contributed by atoms with van der Waals surface area (Å²) in [5.41, 5.74) is 2.67. The Morgan fingerprint density at radius 1 is 1.18 bits per heavy atom. The Bertz CT molecular complexity index is 1160. The Morgan fingerprint density at radius 3 is 2.64 bits per heavy atom. The lowest BCUT2D eigenvalue weighted by Gasteiger charge is -2.33. The molecule has 2 aliphatic heterocycles. The van der Waals surface area contributed by atoms with Crippen LogP contribution >= 0.6 is 35.0 Å². The number of benzene rings is 2. The van der Waals surface area contributed by atoms with Crippen LogP contribution in [-0.4, -0.2) is 29.8 Å². The number of allylic oxidation sites excluding steroid dienone is 1. The van der Waals surface area contributed by atoms with E-state index in [0.717, 1.165) is 10.7 Å². The first kappa shape index (κ1) is 23.5. The molecule has 0 unspecified atom stereocenters. The largest absolute Gasteiger partial charge is 0.493 e. The van der Waals surface area contributed by atoms with E-state index in [0.29, 0.717) is 38.4 Å². The quantitative estimate of drug-likeness (QED) is 0.409. The van der Waals surface area contributed by atoms with Crippen LogP contribution in [0.4, 0.5) is 0 Å². The van der Waals surface area contributed by atoms with Gasteiger partial charge in [-0.1, -0.05) is 47.1 Å². The number of aliphatic imine (C=N–C) groups is 1. The molecular weight excluding hydrogens is 483 g/mol. The summed E-state index contributed by atoms with van der Waals surface area (Å²) in [5.74, 6) is 0.670. The summed E-state index contributed by atoms with van der Waals surface area (Å²) in [5, 5.41) is 3.81. The summed E-state index contributed by atoms with van der Waals surface area (Å²) in [6.07, 6.45) is 1.91. The predicted molar refractivity (Wildman–Crippen MR) is 132 cm³/mol. The summed E-state index contributed by atoms with van der Waals surface area (Å²) in [7, 11) is 1.57. The van der Waals surface area contributed by atoms with Gasteiger partial charge in [0.15, 0.2) is 16.7 Å². The van der Waals surface area contributed by atoms with Gasteiger partial charge in [-0.25, -0.2) is 9.79 Å². The topological polar surface area (TPSA) is 60.4 Å². The Hall–Kier alpha value is -2.61. The number of methoxy groups -OCH3 is 1. The van der Waals surface area contributed by atoms with Crippen molar-refractivity contribution < 1.29 is 19.0 Å². The molecule has 1 atom stereocenters. The molecule has 33 heavy (non-hydrogen) atoms. The smallest absolute Gasteiger partial charge is 0.338 e. The second-order valence-corrected chi connectivity index (χ2v) is 8.91. The monoisotopic (exact) mass is 504 g/mol. The van der Waals surface area contributed by atoms with Crippen molar-refractivity contribution in [3.8, 4) is 11.5 Å². The SMILES string of the molecule is CCOC(=O)C1=C(C)N=C2SC=CN2[C@H]1c1ccc(OCc2c(Cl)cccc2Cl)c(OC)c1. The number of carbonyl (C=O) groups is 1. The van der Waals surface area contributed by atoms with Gasteiger partial charge in [-0.3, -0.25) is 0 Å². The highest BCUT2D eigenvalue weighted by atomic mass is 35.5. The minimum Gasteiger partial charge on any atom is -0.493 e. The van der Waals surface area contributed by atoms with E-state index in [1.54, 1.807) is 32.2 Å². The number of hydrogen-bond acceptors (Lipinski definition) is 7. The number of nitrogens with zero attached hydrogens (tertiary/aromatic N) is 2. The zero-order chi connectivity index (χ0) is 23.5. The second-order valence-electron chi connectivity index (χ2n) is 7.23. The van der Waals surface area contributed by atoms with Crippen LogP contribution in [0.5, 0.6) is 11.5 Å². The lowest BCUT2D eigenvalue weighted by Crippen LogP contribution is -2.34. The predicted octanol–water partition coefficient (Wildman–Crippen LogP) is 6.35. The van der Waals surface area contributed by atoms with Crippen LogP contribution in [0.3, 0.4) is 0 Å². The van der Waals surface area contributed by atoms with Crippen molar-refractivity contribution in [3.63, 3.8) is 0 Å². The molecule has 6 nitrogen and oxygen atoms in total. The average molecular weight is 505 g/mol. The van der Waals surface area contributed by atoms with Crippen LogP contribution in [0.1, 0.15) is 31.0 Å². The van der Waals surface area contributed by atoms with Gasteiger partial charge < -0.3 is 19.1 Å². The number of ether oxygens (including phenoxy) is 3. The van der Waals surface area contributed by atoms with E-state index in [1.165, 1.54) is 11.8 Å². The van der Waals surface area contributed by atoms with Crippen molar-refractivity contribution in [2.75, 3.05) is 13.7 Å². The molecule has 0 N–H and O–H groups in total. The van der Waals surface area contributed by atoms with Crippen molar-refractivity contribution in [3.05, 3.63) is 80.4 Å². The molecule has 0 saturated heterocycles. The van der Waals surface area contributed by atoms with Crippen molar-refractivity contribution >= 4 is 46.1 Å². The standard InChI is InChI=1S/C24H22Cl2N2O4S/c1-4-31-23(29)21-14(2)27-24-28(10-11-33-24)22(21)15-8-9-19(20(12-15)30-3)32-13-16-17(25)6-5-7-18(16)26/h5-12,22H,4,13H2,1-3H3/t22-/m0/s1. The molecule has 0 bridgehead atoms. The molecule has 2 aromatic carbocycles. The van der Waals surface area contributed by atoms with Gasteiger partial charge in [0.1, 0.15) is 6.61 Å². The zero-order valence-corrected chi connectivity index (χ0v) is 20.6. The molecular formula is C24H22Cl2N2O4S. The average Bonchev–Trinajstić information content (AvgIpc) is 3.26. The fourth-order valence-corrected chi connectivity index (χ4v) is 4.99. The molecule has 9 heteroatoms. The van der Waals surface area contributed by atoms with Gasteiger partial charge in [-0.2, -0.15) is 0 Å². The number of esters is 1. The van der Waals surface area contributed by atoms with E-state index in [4.69, 9.17) is 37.4 Å². The van der Waals surface area contributed by atoms with Crippen LogP contribution in [0.15, 0.2) is 64.3 Å². The van der Waals surface area contributed by atoms with E-state index in [2.05, 4.69) is 4.99 Å². The molecule has 0 radical (unpaired) electrons. The van der Waals surface area contributed by atoms with Crippen molar-refractivity contribution in [2.24, 2.45) is 4.99 Å². The first-order valence-electron chi connectivity index (χ1n) is 10.3. The number of fused-ring (bicyclic) bond motifs is 1. The molecule has 0 aliphatic carbocycles. The van der Waals surface area contributed by atoms with Crippen LogP contribution in [-0.2, 0) is 16.1 Å². The van der Waals surface area contributed by atoms with Crippen molar-refractivity contribution in [1.29, 1.82) is 0 Å². The number of thioether (sulfide) groups is 1. The molecule has 172 valence electrons. The van der Waals surface area contributed by atoms with Gasteiger partial charge in [0, 0.05) is 21.8 Å². The van der Waals surface area contributed by atoms with Gasteiger partial charge in [0.05, 0.1) is 31.0 Å². The molecule has 0 aromatic heterocycles. The third-order valence-electron chi connectivity index (χ3n) is 5.25.